The highest BCUT2D eigenvalue weighted by atomic mass is 19.2. The Labute approximate surface area is 130 Å². The number of halogens is 3. The van der Waals surface area contributed by atoms with Crippen LogP contribution in [-0.4, -0.2) is 28.5 Å². The van der Waals surface area contributed by atoms with Crippen LogP contribution in [0.15, 0.2) is 17.1 Å². The molecule has 0 aliphatic heterocycles. The van der Waals surface area contributed by atoms with E-state index in [9.17, 15) is 22.8 Å². The summed E-state index contributed by atoms with van der Waals surface area (Å²) in [6, 6.07) is 0.938. The highest BCUT2D eigenvalue weighted by Crippen LogP contribution is 2.16. The van der Waals surface area contributed by atoms with Crippen LogP contribution in [0, 0.1) is 17.5 Å². The summed E-state index contributed by atoms with van der Waals surface area (Å²) in [6.07, 6.45) is -2.18. The molecule has 1 rings (SSSR count). The number of ether oxygens (including phenoxy) is 1. The van der Waals surface area contributed by atoms with Crippen LogP contribution < -0.4 is 0 Å². The van der Waals surface area contributed by atoms with Gasteiger partial charge in [-0.05, 0) is 32.4 Å². The Hall–Kier alpha value is -2.38. The molecule has 1 amide bonds. The zero-order valence-electron chi connectivity index (χ0n) is 12.8. The highest BCUT2D eigenvalue weighted by Gasteiger charge is 2.19. The number of amides is 1. The third kappa shape index (κ3) is 6.50. The van der Waals surface area contributed by atoms with Crippen LogP contribution in [0.5, 0.6) is 0 Å². The normalized spacial score (nSPS) is 12.2. The molecule has 0 spiro atoms. The summed E-state index contributed by atoms with van der Waals surface area (Å²) >= 11 is 0. The number of benzene rings is 1. The molecule has 1 aromatic carbocycles. The first-order valence-corrected chi connectivity index (χ1v) is 6.62. The molecule has 0 radical (unpaired) electrons. The van der Waals surface area contributed by atoms with Crippen molar-refractivity contribution in [2.75, 3.05) is 0 Å². The number of carbonyl (C=O) groups is 2. The molecule has 0 saturated heterocycles. The third-order valence-electron chi connectivity index (χ3n) is 2.48. The standard InChI is InChI=1S/C15H16F3NO4/c1-15(2,3)23-14(22)19-9(6-13(20)21)4-8-5-11(17)12(18)7-10(8)16/h5,7H,4,6H2,1-3H3,(H,20,21). The second-order valence-electron chi connectivity index (χ2n) is 5.76. The third-order valence-corrected chi connectivity index (χ3v) is 2.48. The topological polar surface area (TPSA) is 76.0 Å². The van der Waals surface area contributed by atoms with Crippen molar-refractivity contribution in [2.45, 2.75) is 39.2 Å². The number of aliphatic imine (C=N–C) groups is 1. The number of hydrogen-bond donors (Lipinski definition) is 1. The van der Waals surface area contributed by atoms with Crippen molar-refractivity contribution in [2.24, 2.45) is 4.99 Å². The van der Waals surface area contributed by atoms with Crippen LogP contribution in [-0.2, 0) is 16.0 Å². The van der Waals surface area contributed by atoms with Gasteiger partial charge in [-0.15, -0.1) is 0 Å². The van der Waals surface area contributed by atoms with Crippen molar-refractivity contribution >= 4 is 17.8 Å². The number of aliphatic carboxylic acids is 1. The number of carboxylic acid groups (broad SMARTS) is 1. The molecule has 8 heteroatoms. The summed E-state index contributed by atoms with van der Waals surface area (Å²) in [4.78, 5) is 25.9. The lowest BCUT2D eigenvalue weighted by Crippen LogP contribution is -2.23. The maximum Gasteiger partial charge on any atom is 0.434 e. The largest absolute Gasteiger partial charge is 0.481 e. The van der Waals surface area contributed by atoms with E-state index in [-0.39, 0.29) is 11.3 Å². The van der Waals surface area contributed by atoms with Crippen molar-refractivity contribution in [3.63, 3.8) is 0 Å². The molecule has 23 heavy (non-hydrogen) atoms. The first-order chi connectivity index (χ1) is 10.5. The second kappa shape index (κ2) is 7.26. The van der Waals surface area contributed by atoms with E-state index in [1.807, 2.05) is 0 Å². The van der Waals surface area contributed by atoms with E-state index in [0.29, 0.717) is 12.1 Å². The van der Waals surface area contributed by atoms with Gasteiger partial charge in [0.2, 0.25) is 0 Å². The molecule has 1 aromatic rings. The van der Waals surface area contributed by atoms with E-state index in [4.69, 9.17) is 9.84 Å². The van der Waals surface area contributed by atoms with Crippen molar-refractivity contribution in [3.05, 3.63) is 35.1 Å². The Morgan fingerprint density at radius 2 is 1.70 bits per heavy atom. The summed E-state index contributed by atoms with van der Waals surface area (Å²) in [5.41, 5.74) is -1.40. The molecule has 5 nitrogen and oxygen atoms in total. The van der Waals surface area contributed by atoms with Gasteiger partial charge in [-0.1, -0.05) is 0 Å². The van der Waals surface area contributed by atoms with Crippen molar-refractivity contribution in [1.82, 2.24) is 0 Å². The number of nitrogens with zero attached hydrogens (tertiary/aromatic N) is 1. The van der Waals surface area contributed by atoms with Crippen LogP contribution in [0.2, 0.25) is 0 Å². The van der Waals surface area contributed by atoms with Crippen molar-refractivity contribution < 1.29 is 32.6 Å². The summed E-state index contributed by atoms with van der Waals surface area (Å²) in [5, 5.41) is 8.81. The maximum absolute atomic E-state index is 13.6. The van der Waals surface area contributed by atoms with Gasteiger partial charge in [0, 0.05) is 18.2 Å². The fraction of sp³-hybridized carbons (Fsp3) is 0.400. The van der Waals surface area contributed by atoms with E-state index < -0.39 is 48.0 Å². The molecule has 0 aromatic heterocycles. The predicted molar refractivity (Wildman–Crippen MR) is 75.9 cm³/mol. The summed E-state index contributed by atoms with van der Waals surface area (Å²) in [6.45, 7) is 4.77. The smallest absolute Gasteiger partial charge is 0.434 e. The van der Waals surface area contributed by atoms with Gasteiger partial charge in [-0.25, -0.2) is 18.0 Å². The summed E-state index contributed by atoms with van der Waals surface area (Å²) in [7, 11) is 0. The monoisotopic (exact) mass is 331 g/mol. The van der Waals surface area contributed by atoms with Gasteiger partial charge < -0.3 is 9.84 Å². The summed E-state index contributed by atoms with van der Waals surface area (Å²) < 4.78 is 44.6. The number of hydrogen-bond acceptors (Lipinski definition) is 3. The van der Waals surface area contributed by atoms with Gasteiger partial charge in [0.25, 0.3) is 0 Å². The maximum atomic E-state index is 13.6. The number of carbonyl (C=O) groups excluding carboxylic acids is 1. The number of carboxylic acids is 1. The Morgan fingerprint density at radius 3 is 2.22 bits per heavy atom. The molecular weight excluding hydrogens is 315 g/mol. The fourth-order valence-electron chi connectivity index (χ4n) is 1.65. The molecule has 0 unspecified atom stereocenters. The molecule has 126 valence electrons. The van der Waals surface area contributed by atoms with E-state index in [1.54, 1.807) is 20.8 Å². The van der Waals surface area contributed by atoms with Gasteiger partial charge in [0.05, 0.1) is 6.42 Å². The minimum atomic E-state index is -1.37. The minimum absolute atomic E-state index is 0.239. The first-order valence-electron chi connectivity index (χ1n) is 6.62. The number of rotatable bonds is 4. The van der Waals surface area contributed by atoms with Gasteiger partial charge >= 0.3 is 12.1 Å². The van der Waals surface area contributed by atoms with E-state index >= 15 is 0 Å². The molecule has 0 atom stereocenters. The second-order valence-corrected chi connectivity index (χ2v) is 5.76. The van der Waals surface area contributed by atoms with Gasteiger partial charge in [0.15, 0.2) is 11.6 Å². The van der Waals surface area contributed by atoms with Crippen molar-refractivity contribution in [3.8, 4) is 0 Å². The van der Waals surface area contributed by atoms with Crippen molar-refractivity contribution in [1.29, 1.82) is 0 Å². The first kappa shape index (κ1) is 18.7. The summed E-state index contributed by atoms with van der Waals surface area (Å²) in [5.74, 6) is -5.02. The Morgan fingerprint density at radius 1 is 1.13 bits per heavy atom. The molecule has 0 heterocycles. The van der Waals surface area contributed by atoms with Gasteiger partial charge in [-0.3, -0.25) is 4.79 Å². The lowest BCUT2D eigenvalue weighted by molar-refractivity contribution is -0.135. The predicted octanol–water partition coefficient (Wildman–Crippen LogP) is 3.50. The Balaban J connectivity index is 3.06. The van der Waals surface area contributed by atoms with Crippen LogP contribution in [0.3, 0.4) is 0 Å². The molecule has 0 fully saturated rings. The fourth-order valence-corrected chi connectivity index (χ4v) is 1.65. The zero-order chi connectivity index (χ0) is 17.8. The molecule has 0 aliphatic carbocycles. The molecule has 1 N–H and O–H groups in total. The molecule has 0 aliphatic rings. The Kier molecular flexibility index (Phi) is 5.89. The zero-order valence-corrected chi connectivity index (χ0v) is 12.8. The SMILES string of the molecule is CC(C)(C)OC(=O)N=C(CC(=O)O)Cc1cc(F)c(F)cc1F. The average molecular weight is 331 g/mol. The minimum Gasteiger partial charge on any atom is -0.481 e. The van der Waals surface area contributed by atoms with Crippen LogP contribution in [0.1, 0.15) is 32.8 Å². The van der Waals surface area contributed by atoms with Gasteiger partial charge in [-0.2, -0.15) is 4.99 Å². The average Bonchev–Trinajstić information content (AvgIpc) is 2.32. The molecular formula is C15H16F3NO4. The van der Waals surface area contributed by atoms with E-state index in [1.165, 1.54) is 0 Å². The molecule has 0 saturated carbocycles. The highest BCUT2D eigenvalue weighted by molar-refractivity contribution is 6.03. The van der Waals surface area contributed by atoms with Crippen LogP contribution >= 0.6 is 0 Å². The molecule has 0 bridgehead atoms. The van der Waals surface area contributed by atoms with Crippen LogP contribution in [0.4, 0.5) is 18.0 Å². The quantitative estimate of drug-likeness (QED) is 0.677. The lowest BCUT2D eigenvalue weighted by Gasteiger charge is -2.17. The lowest BCUT2D eigenvalue weighted by atomic mass is 10.1. The van der Waals surface area contributed by atoms with E-state index in [0.717, 1.165) is 0 Å². The van der Waals surface area contributed by atoms with Crippen LogP contribution in [0.25, 0.3) is 0 Å². The van der Waals surface area contributed by atoms with Gasteiger partial charge in [0.1, 0.15) is 11.4 Å². The Bertz CT molecular complexity index is 651. The van der Waals surface area contributed by atoms with E-state index in [2.05, 4.69) is 4.99 Å².